The number of hydrogen-bond acceptors (Lipinski definition) is 4. The first-order valence-corrected chi connectivity index (χ1v) is 5.96. The fraction of sp³-hybridized carbons (Fsp3) is 0.143. The van der Waals surface area contributed by atoms with Gasteiger partial charge < -0.3 is 9.84 Å². The molecule has 0 atom stereocenters. The Balaban J connectivity index is 2.26. The summed E-state index contributed by atoms with van der Waals surface area (Å²) in [4.78, 5) is 10.2. The minimum absolute atomic E-state index is 0.125. The van der Waals surface area contributed by atoms with Crippen LogP contribution in [0.25, 0.3) is 0 Å². The fourth-order valence-electron chi connectivity index (χ4n) is 1.75. The third-order valence-corrected chi connectivity index (χ3v) is 2.84. The molecule has 21 heavy (non-hydrogen) atoms. The van der Waals surface area contributed by atoms with E-state index in [-0.39, 0.29) is 23.6 Å². The van der Waals surface area contributed by atoms with E-state index < -0.39 is 23.2 Å². The highest BCUT2D eigenvalue weighted by Crippen LogP contribution is 2.29. The monoisotopic (exact) mass is 295 g/mol. The van der Waals surface area contributed by atoms with E-state index in [0.717, 1.165) is 18.2 Å². The Morgan fingerprint density at radius 1 is 1.19 bits per heavy atom. The van der Waals surface area contributed by atoms with Crippen LogP contribution in [-0.2, 0) is 13.2 Å². The highest BCUT2D eigenvalue weighted by Gasteiger charge is 2.17. The van der Waals surface area contributed by atoms with Crippen LogP contribution >= 0.6 is 0 Å². The predicted molar refractivity (Wildman–Crippen MR) is 69.7 cm³/mol. The van der Waals surface area contributed by atoms with Gasteiger partial charge in [-0.25, -0.2) is 8.78 Å². The van der Waals surface area contributed by atoms with Crippen LogP contribution in [0.4, 0.5) is 14.5 Å². The maximum absolute atomic E-state index is 13.4. The second-order valence-corrected chi connectivity index (χ2v) is 4.21. The summed E-state index contributed by atoms with van der Waals surface area (Å²) in [7, 11) is 0. The second kappa shape index (κ2) is 6.27. The van der Waals surface area contributed by atoms with Gasteiger partial charge in [-0.05, 0) is 23.8 Å². The zero-order chi connectivity index (χ0) is 15.4. The van der Waals surface area contributed by atoms with Crippen molar-refractivity contribution in [3.63, 3.8) is 0 Å². The lowest BCUT2D eigenvalue weighted by atomic mass is 10.2. The van der Waals surface area contributed by atoms with Gasteiger partial charge in [-0.15, -0.1) is 0 Å². The van der Waals surface area contributed by atoms with Gasteiger partial charge in [0.25, 0.3) is 0 Å². The lowest BCUT2D eigenvalue weighted by Crippen LogP contribution is -2.04. The van der Waals surface area contributed by atoms with E-state index in [0.29, 0.717) is 5.56 Å². The molecule has 5 nitrogen and oxygen atoms in total. The number of ether oxygens (including phenoxy) is 1. The zero-order valence-corrected chi connectivity index (χ0v) is 10.8. The van der Waals surface area contributed by atoms with Crippen molar-refractivity contribution in [1.29, 1.82) is 0 Å². The van der Waals surface area contributed by atoms with Gasteiger partial charge >= 0.3 is 5.69 Å². The summed E-state index contributed by atoms with van der Waals surface area (Å²) in [6.07, 6.45) is 0. The smallest absolute Gasteiger partial charge is 0.311 e. The van der Waals surface area contributed by atoms with Gasteiger partial charge in [0.15, 0.2) is 5.75 Å². The molecular weight excluding hydrogens is 284 g/mol. The quantitative estimate of drug-likeness (QED) is 0.680. The number of nitro groups is 1. The average Bonchev–Trinajstić information content (AvgIpc) is 2.46. The van der Waals surface area contributed by atoms with E-state index in [2.05, 4.69) is 0 Å². The molecule has 1 N–H and O–H groups in total. The van der Waals surface area contributed by atoms with Crippen molar-refractivity contribution < 1.29 is 23.5 Å². The number of hydrogen-bond donors (Lipinski definition) is 1. The molecule has 0 radical (unpaired) electrons. The molecule has 0 amide bonds. The first kappa shape index (κ1) is 14.9. The van der Waals surface area contributed by atoms with Crippen LogP contribution in [0.5, 0.6) is 5.75 Å². The van der Waals surface area contributed by atoms with Gasteiger partial charge in [-0.2, -0.15) is 0 Å². The van der Waals surface area contributed by atoms with E-state index in [1.165, 1.54) is 18.2 Å². The molecular formula is C14H11F2NO4. The first-order chi connectivity index (χ1) is 10.0. The number of nitrogens with zero attached hydrogens (tertiary/aromatic N) is 1. The molecule has 0 fully saturated rings. The molecule has 110 valence electrons. The minimum atomic E-state index is -0.787. The van der Waals surface area contributed by atoms with Crippen LogP contribution in [0.3, 0.4) is 0 Å². The van der Waals surface area contributed by atoms with Crippen molar-refractivity contribution >= 4 is 5.69 Å². The molecule has 2 rings (SSSR count). The topological polar surface area (TPSA) is 72.6 Å². The van der Waals surface area contributed by atoms with E-state index >= 15 is 0 Å². The standard InChI is InChI=1S/C14H11F2NO4/c15-11-2-1-3-12(16)10(11)8-21-14-5-4-9(7-18)6-13(14)17(19)20/h1-6,18H,7-8H2. The van der Waals surface area contributed by atoms with Gasteiger partial charge in [0.2, 0.25) is 0 Å². The zero-order valence-electron chi connectivity index (χ0n) is 10.8. The van der Waals surface area contributed by atoms with Crippen LogP contribution in [0, 0.1) is 21.7 Å². The molecule has 0 saturated heterocycles. The summed E-state index contributed by atoms with van der Waals surface area (Å²) in [6, 6.07) is 7.22. The molecule has 0 spiro atoms. The van der Waals surface area contributed by atoms with Gasteiger partial charge in [0.1, 0.15) is 18.2 Å². The first-order valence-electron chi connectivity index (χ1n) is 5.96. The largest absolute Gasteiger partial charge is 0.482 e. The molecule has 2 aromatic rings. The van der Waals surface area contributed by atoms with Crippen LogP contribution in [0.15, 0.2) is 36.4 Å². The summed E-state index contributed by atoms with van der Waals surface area (Å²) in [5, 5.41) is 19.9. The van der Waals surface area contributed by atoms with Crippen LogP contribution < -0.4 is 4.74 Å². The third kappa shape index (κ3) is 3.32. The summed E-state index contributed by atoms with van der Waals surface area (Å²) >= 11 is 0. The third-order valence-electron chi connectivity index (χ3n) is 2.84. The average molecular weight is 295 g/mol. The molecule has 2 aromatic carbocycles. The number of benzene rings is 2. The van der Waals surface area contributed by atoms with E-state index in [1.807, 2.05) is 0 Å². The normalized spacial score (nSPS) is 10.4. The maximum atomic E-state index is 13.4. The van der Waals surface area contributed by atoms with Gasteiger partial charge in [-0.3, -0.25) is 10.1 Å². The summed E-state index contributed by atoms with van der Waals surface area (Å²) < 4.78 is 32.0. The SMILES string of the molecule is O=[N+]([O-])c1cc(CO)ccc1OCc1c(F)cccc1F. The molecule has 0 aliphatic heterocycles. The van der Waals surface area contributed by atoms with Gasteiger partial charge in [0.05, 0.1) is 17.1 Å². The van der Waals surface area contributed by atoms with Gasteiger partial charge in [-0.1, -0.05) is 12.1 Å². The Labute approximate surface area is 118 Å². The van der Waals surface area contributed by atoms with Crippen molar-refractivity contribution in [2.75, 3.05) is 0 Å². The van der Waals surface area contributed by atoms with Crippen LogP contribution in [0.1, 0.15) is 11.1 Å². The van der Waals surface area contributed by atoms with E-state index in [1.54, 1.807) is 0 Å². The van der Waals surface area contributed by atoms with Crippen molar-refractivity contribution in [3.05, 3.63) is 69.3 Å². The maximum Gasteiger partial charge on any atom is 0.311 e. The Hall–Kier alpha value is -2.54. The Bertz CT molecular complexity index is 656. The molecule has 0 bridgehead atoms. The van der Waals surface area contributed by atoms with E-state index in [9.17, 15) is 18.9 Å². The highest BCUT2D eigenvalue weighted by molar-refractivity contribution is 5.48. The molecule has 0 aliphatic carbocycles. The fourth-order valence-corrected chi connectivity index (χ4v) is 1.75. The van der Waals surface area contributed by atoms with Crippen molar-refractivity contribution in [1.82, 2.24) is 0 Å². The Kier molecular flexibility index (Phi) is 4.44. The van der Waals surface area contributed by atoms with Crippen LogP contribution in [-0.4, -0.2) is 10.0 Å². The molecule has 7 heteroatoms. The van der Waals surface area contributed by atoms with Crippen molar-refractivity contribution in [2.45, 2.75) is 13.2 Å². The second-order valence-electron chi connectivity index (χ2n) is 4.21. The highest BCUT2D eigenvalue weighted by atomic mass is 19.1. The molecule has 0 aliphatic rings. The van der Waals surface area contributed by atoms with Crippen LogP contribution in [0.2, 0.25) is 0 Å². The van der Waals surface area contributed by atoms with Crippen molar-refractivity contribution in [3.8, 4) is 5.75 Å². The molecule has 0 heterocycles. The number of aliphatic hydroxyl groups excluding tert-OH is 1. The Morgan fingerprint density at radius 3 is 2.43 bits per heavy atom. The minimum Gasteiger partial charge on any atom is -0.482 e. The molecule has 0 saturated carbocycles. The molecule has 0 unspecified atom stereocenters. The predicted octanol–water partition coefficient (Wildman–Crippen LogP) is 2.94. The summed E-state index contributed by atoms with van der Waals surface area (Å²) in [5.41, 5.74) is -0.345. The number of halogens is 2. The van der Waals surface area contributed by atoms with Gasteiger partial charge in [0, 0.05) is 6.07 Å². The van der Waals surface area contributed by atoms with Crippen molar-refractivity contribution in [2.24, 2.45) is 0 Å². The lowest BCUT2D eigenvalue weighted by molar-refractivity contribution is -0.386. The number of rotatable bonds is 5. The lowest BCUT2D eigenvalue weighted by Gasteiger charge is -2.09. The molecule has 0 aromatic heterocycles. The summed E-state index contributed by atoms with van der Waals surface area (Å²) in [6.45, 7) is -0.832. The summed E-state index contributed by atoms with van der Waals surface area (Å²) in [5.74, 6) is -1.70. The number of aliphatic hydroxyl groups is 1. The Morgan fingerprint density at radius 2 is 1.86 bits per heavy atom. The van der Waals surface area contributed by atoms with E-state index in [4.69, 9.17) is 9.84 Å². The number of nitro benzene ring substituents is 1.